The van der Waals surface area contributed by atoms with E-state index in [9.17, 15) is 24.3 Å². The highest BCUT2D eigenvalue weighted by atomic mass is 79.9. The summed E-state index contributed by atoms with van der Waals surface area (Å²) in [5.41, 5.74) is -0.482. The Morgan fingerprint density at radius 2 is 1.84 bits per heavy atom. The molecule has 1 aromatic rings. The predicted octanol–water partition coefficient (Wildman–Crippen LogP) is 5.59. The number of likely N-dealkylation sites (tertiary alicyclic amines) is 1. The smallest absolute Gasteiger partial charge is 0.313 e. The lowest BCUT2D eigenvalue weighted by molar-refractivity contribution is -0.164. The predicted molar refractivity (Wildman–Crippen MR) is 196 cm³/mol. The fourth-order valence-electron chi connectivity index (χ4n) is 8.15. The van der Waals surface area contributed by atoms with Crippen molar-refractivity contribution in [1.29, 1.82) is 0 Å². The van der Waals surface area contributed by atoms with Gasteiger partial charge in [0.25, 0.3) is 0 Å². The van der Waals surface area contributed by atoms with Crippen molar-refractivity contribution in [3.63, 3.8) is 0 Å². The first-order valence-corrected chi connectivity index (χ1v) is 19.2. The third kappa shape index (κ3) is 8.05. The Morgan fingerprint density at radius 3 is 2.48 bits per heavy atom. The number of esters is 1. The number of carbonyl (C=O) groups excluding carboxylic acids is 4. The van der Waals surface area contributed by atoms with E-state index < -0.39 is 47.7 Å². The summed E-state index contributed by atoms with van der Waals surface area (Å²) < 4.78 is 13.1. The molecular formula is C39H56BrN3O7. The number of fused-ring (bicyclic) bond motifs is 1. The molecule has 9 atom stereocenters. The molecule has 11 heteroatoms. The fourth-order valence-corrected chi connectivity index (χ4v) is 9.09. The number of hydrogen-bond acceptors (Lipinski definition) is 7. The molecule has 3 aliphatic heterocycles. The van der Waals surface area contributed by atoms with Gasteiger partial charge in [-0.1, -0.05) is 84.6 Å². The van der Waals surface area contributed by atoms with Crippen LogP contribution in [0.3, 0.4) is 0 Å². The van der Waals surface area contributed by atoms with Crippen molar-refractivity contribution in [2.45, 2.75) is 119 Å². The molecule has 2 unspecified atom stereocenters. The number of likely N-dealkylation sites (N-methyl/N-ethyl adjacent to an activating group) is 1. The average molecular weight is 759 g/mol. The summed E-state index contributed by atoms with van der Waals surface area (Å²) in [6, 6.07) is 7.82. The lowest BCUT2D eigenvalue weighted by atomic mass is 9.70. The maximum Gasteiger partial charge on any atom is 0.313 e. The molecule has 10 nitrogen and oxygen atoms in total. The fraction of sp³-hybridized carbons (Fsp3) is 0.641. The van der Waals surface area contributed by atoms with Gasteiger partial charge in [0.1, 0.15) is 17.7 Å². The van der Waals surface area contributed by atoms with Crippen LogP contribution in [0, 0.1) is 11.8 Å². The van der Waals surface area contributed by atoms with E-state index in [1.165, 1.54) is 0 Å². The van der Waals surface area contributed by atoms with Crippen LogP contribution in [0.15, 0.2) is 55.6 Å². The van der Waals surface area contributed by atoms with Crippen LogP contribution >= 0.6 is 15.9 Å². The Bertz CT molecular complexity index is 1360. The maximum atomic E-state index is 14.7. The van der Waals surface area contributed by atoms with Gasteiger partial charge in [0.05, 0.1) is 24.0 Å². The quantitative estimate of drug-likeness (QED) is 0.0799. The van der Waals surface area contributed by atoms with Crippen molar-refractivity contribution in [2.75, 3.05) is 26.7 Å². The average Bonchev–Trinajstić information content (AvgIpc) is 3.70. The Labute approximate surface area is 306 Å². The molecule has 276 valence electrons. The Morgan fingerprint density at radius 1 is 1.14 bits per heavy atom. The van der Waals surface area contributed by atoms with Crippen LogP contribution in [0.4, 0.5) is 0 Å². The Kier molecular flexibility index (Phi) is 14.3. The van der Waals surface area contributed by atoms with Gasteiger partial charge in [-0.25, -0.2) is 0 Å². The van der Waals surface area contributed by atoms with Crippen LogP contribution in [0.2, 0.25) is 0 Å². The summed E-state index contributed by atoms with van der Waals surface area (Å²) >= 11 is 3.77. The molecule has 3 fully saturated rings. The summed E-state index contributed by atoms with van der Waals surface area (Å²) in [6.07, 6.45) is 7.75. The van der Waals surface area contributed by atoms with Crippen molar-refractivity contribution < 1.29 is 33.8 Å². The number of rotatable bonds is 20. The molecule has 3 aliphatic rings. The van der Waals surface area contributed by atoms with Gasteiger partial charge in [-0.05, 0) is 51.5 Å². The summed E-state index contributed by atoms with van der Waals surface area (Å²) in [6.45, 7) is 14.3. The van der Waals surface area contributed by atoms with Crippen LogP contribution in [-0.4, -0.2) is 105 Å². The maximum absolute atomic E-state index is 14.7. The van der Waals surface area contributed by atoms with E-state index in [0.29, 0.717) is 38.8 Å². The molecule has 3 saturated heterocycles. The molecule has 0 aliphatic carbocycles. The van der Waals surface area contributed by atoms with Gasteiger partial charge in [-0.15, -0.1) is 13.2 Å². The van der Waals surface area contributed by atoms with Gasteiger partial charge >= 0.3 is 5.97 Å². The van der Waals surface area contributed by atoms with Crippen molar-refractivity contribution in [2.24, 2.45) is 11.8 Å². The SMILES string of the molecule is C=CCCC(=O)N(C)[C@H](C)[C@H](OC(=O)[C@@H]1[C@H]2O[C@@]3(CC2Br)[C@H](C(=O)N(CC=C)C(C)CCC)N(CCCCCCO)C(=O)[C@@H]13)c1ccccc1. The minimum absolute atomic E-state index is 0.0825. The highest BCUT2D eigenvalue weighted by Crippen LogP contribution is 2.60. The van der Waals surface area contributed by atoms with Gasteiger partial charge in [0, 0.05) is 44.0 Å². The normalized spacial score (nSPS) is 27.0. The molecule has 1 spiro atoms. The van der Waals surface area contributed by atoms with Crippen LogP contribution in [0.5, 0.6) is 0 Å². The number of carbonyl (C=O) groups is 4. The summed E-state index contributed by atoms with van der Waals surface area (Å²) in [5.74, 6) is -2.98. The lowest BCUT2D eigenvalue weighted by Crippen LogP contribution is -2.58. The van der Waals surface area contributed by atoms with Gasteiger partial charge in [-0.2, -0.15) is 0 Å². The lowest BCUT2D eigenvalue weighted by Gasteiger charge is -2.39. The molecule has 0 aromatic heterocycles. The van der Waals surface area contributed by atoms with Gasteiger partial charge in [-0.3, -0.25) is 19.2 Å². The molecular weight excluding hydrogens is 702 g/mol. The largest absolute Gasteiger partial charge is 0.455 e. The second-order valence-corrected chi connectivity index (χ2v) is 15.3. The minimum atomic E-state index is -1.21. The number of allylic oxidation sites excluding steroid dienone is 1. The zero-order chi connectivity index (χ0) is 36.6. The monoisotopic (exact) mass is 757 g/mol. The van der Waals surface area contributed by atoms with E-state index >= 15 is 0 Å². The number of benzene rings is 1. The molecule has 0 radical (unpaired) electrons. The number of aliphatic hydroxyl groups is 1. The first-order chi connectivity index (χ1) is 24.0. The zero-order valence-corrected chi connectivity index (χ0v) is 31.8. The Hall–Kier alpha value is -3.02. The van der Waals surface area contributed by atoms with Crippen LogP contribution in [0.1, 0.15) is 90.2 Å². The van der Waals surface area contributed by atoms with Crippen molar-refractivity contribution >= 4 is 39.6 Å². The van der Waals surface area contributed by atoms with Crippen LogP contribution in [-0.2, 0) is 28.7 Å². The number of unbranched alkanes of at least 4 members (excludes halogenated alkanes) is 3. The molecule has 3 heterocycles. The standard InChI is InChI=1S/C39H56BrN3O7/c1-7-10-21-30(45)41(6)27(5)33(28-19-14-13-15-20-28)49-38(48)31-32-36(46)43(23-16-11-12-17-24-44)35(39(32)25-29(40)34(31)50-39)37(47)42(22-9-3)26(4)18-8-2/h7,9,13-15,19-20,26-27,29,31-35,44H,1,3,8,10-12,16-18,21-25H2,2,4-6H3/t26?,27-,29?,31+,32-,33+,34+,35+,39-/m1/s1. The van der Waals surface area contributed by atoms with Gasteiger partial charge < -0.3 is 29.3 Å². The zero-order valence-electron chi connectivity index (χ0n) is 30.2. The number of aliphatic hydroxyl groups excluding tert-OH is 1. The molecule has 3 amide bonds. The Balaban J connectivity index is 1.70. The summed E-state index contributed by atoms with van der Waals surface area (Å²) in [7, 11) is 1.70. The van der Waals surface area contributed by atoms with Crippen molar-refractivity contribution in [3.8, 4) is 0 Å². The molecule has 2 bridgehead atoms. The highest BCUT2D eigenvalue weighted by molar-refractivity contribution is 9.09. The van der Waals surface area contributed by atoms with E-state index in [0.717, 1.165) is 31.2 Å². The molecule has 1 N–H and O–H groups in total. The summed E-state index contributed by atoms with van der Waals surface area (Å²) in [5, 5.41) is 9.28. The van der Waals surface area contributed by atoms with Crippen LogP contribution < -0.4 is 0 Å². The first-order valence-electron chi connectivity index (χ1n) is 18.3. The minimum Gasteiger partial charge on any atom is -0.455 e. The van der Waals surface area contributed by atoms with E-state index in [4.69, 9.17) is 9.47 Å². The van der Waals surface area contributed by atoms with E-state index in [2.05, 4.69) is 36.0 Å². The molecule has 50 heavy (non-hydrogen) atoms. The molecule has 1 aromatic carbocycles. The van der Waals surface area contributed by atoms with Crippen molar-refractivity contribution in [1.82, 2.24) is 14.7 Å². The number of alkyl halides is 1. The van der Waals surface area contributed by atoms with Crippen molar-refractivity contribution in [3.05, 3.63) is 61.2 Å². The number of ether oxygens (including phenoxy) is 2. The second-order valence-electron chi connectivity index (χ2n) is 14.1. The number of nitrogens with zero attached hydrogens (tertiary/aromatic N) is 3. The van der Waals surface area contributed by atoms with E-state index in [1.807, 2.05) is 44.2 Å². The molecule has 0 saturated carbocycles. The van der Waals surface area contributed by atoms with E-state index in [1.54, 1.807) is 33.9 Å². The van der Waals surface area contributed by atoms with Crippen LogP contribution in [0.25, 0.3) is 0 Å². The topological polar surface area (TPSA) is 117 Å². The third-order valence-corrected chi connectivity index (χ3v) is 11.7. The van der Waals surface area contributed by atoms with E-state index in [-0.39, 0.29) is 41.6 Å². The number of hydrogen-bond donors (Lipinski definition) is 1. The third-order valence-electron chi connectivity index (χ3n) is 10.8. The number of halogens is 1. The molecule has 4 rings (SSSR count). The highest BCUT2D eigenvalue weighted by Gasteiger charge is 2.77. The van der Waals surface area contributed by atoms with Gasteiger partial charge in [0.2, 0.25) is 17.7 Å². The van der Waals surface area contributed by atoms with Gasteiger partial charge in [0.15, 0.2) is 0 Å². The second kappa shape index (κ2) is 18.0. The number of amides is 3. The first kappa shape index (κ1) is 39.8. The summed E-state index contributed by atoms with van der Waals surface area (Å²) in [4.78, 5) is 61.7.